The third-order valence-electron chi connectivity index (χ3n) is 3.63. The number of hydrogen-bond acceptors (Lipinski definition) is 5. The summed E-state index contributed by atoms with van der Waals surface area (Å²) in [5, 5.41) is 3.16. The SMILES string of the molecule is CCOC(=O)CCNCc1ccc(OCc2ccc(OC(F)(F)F)cc2)cc1. The van der Waals surface area contributed by atoms with E-state index in [1.807, 2.05) is 24.3 Å². The fraction of sp³-hybridized carbons (Fsp3) is 0.350. The number of carbonyl (C=O) groups excluding carboxylic acids is 1. The Balaban J connectivity index is 1.73. The molecule has 0 aromatic heterocycles. The van der Waals surface area contributed by atoms with Crippen LogP contribution < -0.4 is 14.8 Å². The summed E-state index contributed by atoms with van der Waals surface area (Å²) in [6.07, 6.45) is -4.38. The molecule has 2 aromatic rings. The highest BCUT2D eigenvalue weighted by atomic mass is 19.4. The Labute approximate surface area is 161 Å². The molecule has 2 rings (SSSR count). The predicted octanol–water partition coefficient (Wildman–Crippen LogP) is 4.21. The Hall–Kier alpha value is -2.74. The van der Waals surface area contributed by atoms with Crippen molar-refractivity contribution in [3.8, 4) is 11.5 Å². The van der Waals surface area contributed by atoms with Crippen LogP contribution in [-0.4, -0.2) is 25.5 Å². The van der Waals surface area contributed by atoms with Gasteiger partial charge in [0.25, 0.3) is 0 Å². The van der Waals surface area contributed by atoms with Crippen LogP contribution in [0.25, 0.3) is 0 Å². The lowest BCUT2D eigenvalue weighted by molar-refractivity contribution is -0.274. The lowest BCUT2D eigenvalue weighted by atomic mass is 10.2. The van der Waals surface area contributed by atoms with E-state index in [2.05, 4.69) is 10.1 Å². The molecule has 0 saturated heterocycles. The zero-order valence-electron chi connectivity index (χ0n) is 15.4. The molecule has 0 radical (unpaired) electrons. The van der Waals surface area contributed by atoms with Crippen LogP contribution in [0.15, 0.2) is 48.5 Å². The number of rotatable bonds is 10. The third-order valence-corrected chi connectivity index (χ3v) is 3.63. The van der Waals surface area contributed by atoms with E-state index in [4.69, 9.17) is 9.47 Å². The molecule has 0 fully saturated rings. The van der Waals surface area contributed by atoms with E-state index in [9.17, 15) is 18.0 Å². The van der Waals surface area contributed by atoms with E-state index in [1.54, 1.807) is 6.92 Å². The van der Waals surface area contributed by atoms with E-state index in [1.165, 1.54) is 24.3 Å². The Morgan fingerprint density at radius 1 is 0.964 bits per heavy atom. The second-order valence-corrected chi connectivity index (χ2v) is 5.86. The quantitative estimate of drug-likeness (QED) is 0.481. The lowest BCUT2D eigenvalue weighted by Gasteiger charge is -2.10. The summed E-state index contributed by atoms with van der Waals surface area (Å²) in [6, 6.07) is 12.9. The van der Waals surface area contributed by atoms with Crippen molar-refractivity contribution in [2.24, 2.45) is 0 Å². The first-order valence-electron chi connectivity index (χ1n) is 8.78. The van der Waals surface area contributed by atoms with Gasteiger partial charge in [-0.15, -0.1) is 13.2 Å². The van der Waals surface area contributed by atoms with Gasteiger partial charge in [0, 0.05) is 13.1 Å². The van der Waals surface area contributed by atoms with Gasteiger partial charge in [-0.3, -0.25) is 4.79 Å². The van der Waals surface area contributed by atoms with E-state index < -0.39 is 6.36 Å². The monoisotopic (exact) mass is 397 g/mol. The van der Waals surface area contributed by atoms with Gasteiger partial charge in [0.05, 0.1) is 13.0 Å². The minimum Gasteiger partial charge on any atom is -0.489 e. The summed E-state index contributed by atoms with van der Waals surface area (Å²) < 4.78 is 50.7. The van der Waals surface area contributed by atoms with Crippen molar-refractivity contribution in [2.45, 2.75) is 32.9 Å². The Kier molecular flexibility index (Phi) is 8.13. The second-order valence-electron chi connectivity index (χ2n) is 5.86. The summed E-state index contributed by atoms with van der Waals surface area (Å²) in [5.41, 5.74) is 1.75. The molecule has 0 aliphatic rings. The summed E-state index contributed by atoms with van der Waals surface area (Å²) in [7, 11) is 0. The average molecular weight is 397 g/mol. The first-order valence-corrected chi connectivity index (χ1v) is 8.78. The fourth-order valence-corrected chi connectivity index (χ4v) is 2.31. The van der Waals surface area contributed by atoms with E-state index in [0.717, 1.165) is 11.1 Å². The van der Waals surface area contributed by atoms with Gasteiger partial charge in [0.2, 0.25) is 0 Å². The van der Waals surface area contributed by atoms with Crippen molar-refractivity contribution < 1.29 is 32.2 Å². The Morgan fingerprint density at radius 3 is 2.18 bits per heavy atom. The Bertz CT molecular complexity index is 731. The maximum atomic E-state index is 12.1. The second kappa shape index (κ2) is 10.6. The van der Waals surface area contributed by atoms with E-state index >= 15 is 0 Å². The molecule has 28 heavy (non-hydrogen) atoms. The molecule has 0 amide bonds. The van der Waals surface area contributed by atoms with Gasteiger partial charge in [-0.05, 0) is 42.3 Å². The van der Waals surface area contributed by atoms with E-state index in [-0.39, 0.29) is 18.3 Å². The predicted molar refractivity (Wildman–Crippen MR) is 96.9 cm³/mol. The molecule has 0 saturated carbocycles. The van der Waals surface area contributed by atoms with Gasteiger partial charge in [0.1, 0.15) is 18.1 Å². The maximum Gasteiger partial charge on any atom is 0.573 e. The molecule has 1 N–H and O–H groups in total. The minimum absolute atomic E-state index is 0.225. The Morgan fingerprint density at radius 2 is 1.57 bits per heavy atom. The fourth-order valence-electron chi connectivity index (χ4n) is 2.31. The normalized spacial score (nSPS) is 11.1. The number of carbonyl (C=O) groups is 1. The maximum absolute atomic E-state index is 12.1. The number of halogens is 3. The number of alkyl halides is 3. The van der Waals surface area contributed by atoms with Crippen LogP contribution in [0, 0.1) is 0 Å². The van der Waals surface area contributed by atoms with Crippen molar-refractivity contribution >= 4 is 5.97 Å². The van der Waals surface area contributed by atoms with Crippen molar-refractivity contribution in [1.82, 2.24) is 5.32 Å². The molecule has 0 unspecified atom stereocenters. The first-order chi connectivity index (χ1) is 13.4. The topological polar surface area (TPSA) is 56.8 Å². The van der Waals surface area contributed by atoms with Gasteiger partial charge < -0.3 is 19.5 Å². The van der Waals surface area contributed by atoms with Gasteiger partial charge in [-0.25, -0.2) is 0 Å². The van der Waals surface area contributed by atoms with Crippen molar-refractivity contribution in [1.29, 1.82) is 0 Å². The molecule has 0 spiro atoms. The van der Waals surface area contributed by atoms with Crippen molar-refractivity contribution in [3.05, 3.63) is 59.7 Å². The molecule has 0 bridgehead atoms. The highest BCUT2D eigenvalue weighted by Crippen LogP contribution is 2.23. The highest BCUT2D eigenvalue weighted by Gasteiger charge is 2.30. The molecular formula is C20H22F3NO4. The van der Waals surface area contributed by atoms with Gasteiger partial charge in [-0.1, -0.05) is 24.3 Å². The zero-order chi connectivity index (χ0) is 20.4. The van der Waals surface area contributed by atoms with Crippen LogP contribution >= 0.6 is 0 Å². The summed E-state index contributed by atoms with van der Waals surface area (Å²) in [6.45, 7) is 3.52. The van der Waals surface area contributed by atoms with Crippen LogP contribution in [0.5, 0.6) is 11.5 Å². The number of hydrogen-bond donors (Lipinski definition) is 1. The lowest BCUT2D eigenvalue weighted by Crippen LogP contribution is -2.19. The summed E-state index contributed by atoms with van der Waals surface area (Å²) in [5.74, 6) is 0.152. The van der Waals surface area contributed by atoms with Crippen LogP contribution in [0.2, 0.25) is 0 Å². The molecule has 152 valence electrons. The molecule has 0 atom stereocenters. The molecule has 5 nitrogen and oxygen atoms in total. The zero-order valence-corrected chi connectivity index (χ0v) is 15.4. The smallest absolute Gasteiger partial charge is 0.489 e. The molecule has 0 aliphatic heterocycles. The van der Waals surface area contributed by atoms with Crippen LogP contribution in [0.1, 0.15) is 24.5 Å². The van der Waals surface area contributed by atoms with Crippen molar-refractivity contribution in [3.63, 3.8) is 0 Å². The highest BCUT2D eigenvalue weighted by molar-refractivity contribution is 5.69. The van der Waals surface area contributed by atoms with Gasteiger partial charge >= 0.3 is 12.3 Å². The van der Waals surface area contributed by atoms with Gasteiger partial charge in [-0.2, -0.15) is 0 Å². The molecule has 0 aliphatic carbocycles. The molecule has 8 heteroatoms. The summed E-state index contributed by atoms with van der Waals surface area (Å²) >= 11 is 0. The first kappa shape index (κ1) is 21.6. The average Bonchev–Trinajstić information content (AvgIpc) is 2.65. The largest absolute Gasteiger partial charge is 0.573 e. The van der Waals surface area contributed by atoms with Crippen LogP contribution in [-0.2, 0) is 22.7 Å². The standard InChI is InChI=1S/C20H22F3NO4/c1-2-26-19(25)11-12-24-13-15-3-7-17(8-4-15)27-14-16-5-9-18(10-6-16)28-20(21,22)23/h3-10,24H,2,11-14H2,1H3. The molecule has 0 heterocycles. The summed E-state index contributed by atoms with van der Waals surface area (Å²) in [4.78, 5) is 11.2. The number of nitrogens with one attached hydrogen (secondary N) is 1. The third kappa shape index (κ3) is 8.30. The van der Waals surface area contributed by atoms with Crippen LogP contribution in [0.4, 0.5) is 13.2 Å². The van der Waals surface area contributed by atoms with E-state index in [0.29, 0.717) is 31.9 Å². The molecular weight excluding hydrogens is 375 g/mol. The number of ether oxygens (including phenoxy) is 3. The van der Waals surface area contributed by atoms with Gasteiger partial charge in [0.15, 0.2) is 0 Å². The minimum atomic E-state index is -4.70. The van der Waals surface area contributed by atoms with Crippen LogP contribution in [0.3, 0.4) is 0 Å². The number of benzene rings is 2. The van der Waals surface area contributed by atoms with Crippen molar-refractivity contribution in [2.75, 3.05) is 13.2 Å². The molecule has 2 aromatic carbocycles. The number of esters is 1.